The van der Waals surface area contributed by atoms with Crippen LogP contribution in [0.3, 0.4) is 0 Å². The van der Waals surface area contributed by atoms with Gasteiger partial charge in [0.25, 0.3) is 6.71 Å². The van der Waals surface area contributed by atoms with Gasteiger partial charge in [-0.05, 0) is 200 Å². The van der Waals surface area contributed by atoms with Crippen LogP contribution in [-0.4, -0.2) is 6.71 Å². The Morgan fingerprint density at radius 2 is 0.690 bits per heavy atom. The molecule has 0 spiro atoms. The van der Waals surface area contributed by atoms with Crippen molar-refractivity contribution in [2.24, 2.45) is 0 Å². The first-order chi connectivity index (χ1) is 34.5. The number of aryl methyl sites for hydroxylation is 2. The lowest BCUT2D eigenvalue weighted by atomic mass is 9.32. The van der Waals surface area contributed by atoms with Gasteiger partial charge in [0, 0.05) is 34.1 Å². The smallest absolute Gasteiger partial charge is 0.252 e. The number of nitrogens with zero attached hydrogens (tertiary/aromatic N) is 2. The normalized spacial score (nSPS) is 15.0. The number of hydrogen-bond acceptors (Lipinski definition) is 2. The minimum atomic E-state index is -0.0943. The third kappa shape index (κ3) is 5.72. The Kier molecular flexibility index (Phi) is 8.53. The zero-order chi connectivity index (χ0) is 47.7. The zero-order valence-electron chi connectivity index (χ0n) is 41.8. The van der Waals surface area contributed by atoms with E-state index >= 15 is 0 Å². The van der Waals surface area contributed by atoms with Gasteiger partial charge in [-0.25, -0.2) is 0 Å². The van der Waals surface area contributed by atoms with Gasteiger partial charge < -0.3 is 9.80 Å². The second-order valence-electron chi connectivity index (χ2n) is 23.3. The van der Waals surface area contributed by atoms with E-state index in [-0.39, 0.29) is 17.5 Å². The summed E-state index contributed by atoms with van der Waals surface area (Å²) in [7, 11) is 0. The number of benzene rings is 11. The number of fused-ring (bicyclic) bond motifs is 18. The van der Waals surface area contributed by atoms with E-state index in [4.69, 9.17) is 0 Å². The topological polar surface area (TPSA) is 6.48 Å². The first-order valence-electron chi connectivity index (χ1n) is 26.3. The van der Waals surface area contributed by atoms with Crippen LogP contribution in [-0.2, 0) is 36.5 Å². The van der Waals surface area contributed by atoms with Gasteiger partial charge >= 0.3 is 0 Å². The van der Waals surface area contributed by atoms with Crippen molar-refractivity contribution in [3.63, 3.8) is 0 Å². The third-order valence-electron chi connectivity index (χ3n) is 17.2. The zero-order valence-corrected chi connectivity index (χ0v) is 41.8. The molecule has 0 saturated carbocycles. The van der Waals surface area contributed by atoms with E-state index in [1.54, 1.807) is 22.3 Å². The predicted molar refractivity (Wildman–Crippen MR) is 307 cm³/mol. The molecular formula is C68H57BN2. The van der Waals surface area contributed by atoms with E-state index in [0.29, 0.717) is 0 Å². The highest BCUT2D eigenvalue weighted by Crippen LogP contribution is 2.53. The summed E-state index contributed by atoms with van der Waals surface area (Å²) in [4.78, 5) is 5.46. The van der Waals surface area contributed by atoms with Gasteiger partial charge in [0.05, 0.1) is 0 Å². The van der Waals surface area contributed by atoms with Crippen molar-refractivity contribution in [1.82, 2.24) is 0 Å². The molecule has 0 N–H and O–H groups in total. The monoisotopic (exact) mass is 912 g/mol. The molecule has 0 fully saturated rings. The fourth-order valence-electron chi connectivity index (χ4n) is 14.6. The maximum absolute atomic E-state index is 2.73. The summed E-state index contributed by atoms with van der Waals surface area (Å²) in [5, 5.41) is 15.7. The molecule has 0 aromatic heterocycles. The minimum Gasteiger partial charge on any atom is -0.311 e. The van der Waals surface area contributed by atoms with Crippen LogP contribution in [0.4, 0.5) is 34.1 Å². The summed E-state index contributed by atoms with van der Waals surface area (Å²) < 4.78 is 0. The highest BCUT2D eigenvalue weighted by Gasteiger charge is 2.48. The van der Waals surface area contributed by atoms with Crippen molar-refractivity contribution < 1.29 is 0 Å². The van der Waals surface area contributed by atoms with Gasteiger partial charge in [0.15, 0.2) is 0 Å². The second-order valence-corrected chi connectivity index (χ2v) is 23.3. The molecule has 0 radical (unpaired) electrons. The molecule has 342 valence electrons. The Morgan fingerprint density at radius 3 is 1.04 bits per heavy atom. The molecule has 0 unspecified atom stereocenters. The maximum Gasteiger partial charge on any atom is 0.252 e. The van der Waals surface area contributed by atoms with E-state index in [0.717, 1.165) is 25.7 Å². The highest BCUT2D eigenvalue weighted by atomic mass is 15.2. The van der Waals surface area contributed by atoms with Crippen LogP contribution in [0, 0.1) is 0 Å². The van der Waals surface area contributed by atoms with E-state index in [2.05, 4.69) is 215 Å². The largest absolute Gasteiger partial charge is 0.311 e. The molecule has 2 aliphatic carbocycles. The van der Waals surface area contributed by atoms with E-state index < -0.39 is 0 Å². The average molecular weight is 913 g/mol. The number of rotatable bonds is 2. The fraction of sp³-hybridized carbons (Fsp3) is 0.206. The van der Waals surface area contributed by atoms with E-state index in [1.807, 2.05) is 0 Å². The van der Waals surface area contributed by atoms with Gasteiger partial charge in [-0.1, -0.05) is 169 Å². The second kappa shape index (κ2) is 14.6. The highest BCUT2D eigenvalue weighted by molar-refractivity contribution is 7.00. The van der Waals surface area contributed by atoms with Crippen molar-refractivity contribution >= 4 is 122 Å². The van der Waals surface area contributed by atoms with Crippen LogP contribution in [0.15, 0.2) is 164 Å². The molecule has 71 heavy (non-hydrogen) atoms. The molecule has 11 aromatic rings. The number of anilines is 6. The van der Waals surface area contributed by atoms with Crippen molar-refractivity contribution in [3.05, 3.63) is 197 Å². The fourth-order valence-corrected chi connectivity index (χ4v) is 14.6. The summed E-state index contributed by atoms with van der Waals surface area (Å²) in [5.74, 6) is 0. The minimum absolute atomic E-state index is 0.0631. The van der Waals surface area contributed by atoms with Crippen LogP contribution < -0.4 is 26.2 Å². The van der Waals surface area contributed by atoms with Crippen LogP contribution in [0.25, 0.3) is 64.6 Å². The molecule has 3 heteroatoms. The predicted octanol–water partition coefficient (Wildman–Crippen LogP) is 16.3. The Balaban J connectivity index is 1.08. The lowest BCUT2D eigenvalue weighted by Gasteiger charge is -2.48. The molecule has 0 saturated heterocycles. The van der Waals surface area contributed by atoms with Gasteiger partial charge in [0.2, 0.25) is 0 Å². The summed E-state index contributed by atoms with van der Waals surface area (Å²) in [6.07, 6.45) is 6.95. The summed E-state index contributed by atoms with van der Waals surface area (Å²) in [6, 6.07) is 63.5. The summed E-state index contributed by atoms with van der Waals surface area (Å²) in [6.45, 7) is 14.9. The molecule has 2 heterocycles. The molecule has 2 nitrogen and oxygen atoms in total. The Morgan fingerprint density at radius 1 is 0.352 bits per heavy atom. The van der Waals surface area contributed by atoms with Crippen LogP contribution in [0.1, 0.15) is 87.8 Å². The van der Waals surface area contributed by atoms with Gasteiger partial charge in [-0.2, -0.15) is 0 Å². The van der Waals surface area contributed by atoms with Crippen LogP contribution >= 0.6 is 0 Å². The van der Waals surface area contributed by atoms with Crippen molar-refractivity contribution in [2.75, 3.05) is 9.80 Å². The molecule has 11 aromatic carbocycles. The Bertz CT molecular complexity index is 3830. The van der Waals surface area contributed by atoms with Crippen LogP contribution in [0.5, 0.6) is 0 Å². The lowest BCUT2D eigenvalue weighted by molar-refractivity contribution is 0.584. The van der Waals surface area contributed by atoms with Crippen LogP contribution in [0.2, 0.25) is 0 Å². The lowest BCUT2D eigenvalue weighted by Crippen LogP contribution is -2.62. The summed E-state index contributed by atoms with van der Waals surface area (Å²) in [5.41, 5.74) is 21.3. The standard InChI is InChI=1S/C68H57BN2/c1-67(2,3)62-44-28-15-18-40(44)36-58-65(62)70(42-32-34-54-50-24-9-7-20-46(50)48-22-11-13-26-52(48)56(54)38-42)60-30-17-31-61-64(60)69(58)59-37-41-19-16-29-45(41)63(68(4,5)6)66(59)71(61)43-33-35-55-51-25-10-8-21-47(51)49-23-12-14-27-53(49)57(55)39-43/h7-14,17,20-27,30-39H,15-16,18-19,28-29H2,1-6H3. The molecule has 0 atom stereocenters. The first kappa shape index (κ1) is 41.4. The molecule has 15 rings (SSSR count). The molecule has 4 aliphatic rings. The first-order valence-corrected chi connectivity index (χ1v) is 26.3. The van der Waals surface area contributed by atoms with E-state index in [1.165, 1.54) is 139 Å². The van der Waals surface area contributed by atoms with Crippen molar-refractivity contribution in [2.45, 2.75) is 90.9 Å². The van der Waals surface area contributed by atoms with Gasteiger partial charge in [0.1, 0.15) is 0 Å². The Hall–Kier alpha value is -7.36. The quantitative estimate of drug-likeness (QED) is 0.126. The molecule has 0 bridgehead atoms. The maximum atomic E-state index is 2.73. The molecule has 2 aliphatic heterocycles. The summed E-state index contributed by atoms with van der Waals surface area (Å²) >= 11 is 0. The average Bonchev–Trinajstić information content (AvgIpc) is 4.06. The number of hydrogen-bond donors (Lipinski definition) is 0. The Labute approximate surface area is 417 Å². The van der Waals surface area contributed by atoms with Crippen molar-refractivity contribution in [3.8, 4) is 0 Å². The van der Waals surface area contributed by atoms with Crippen molar-refractivity contribution in [1.29, 1.82) is 0 Å². The molecule has 0 amide bonds. The van der Waals surface area contributed by atoms with E-state index in [9.17, 15) is 0 Å². The third-order valence-corrected chi connectivity index (χ3v) is 17.2. The van der Waals surface area contributed by atoms with Gasteiger partial charge in [-0.3, -0.25) is 0 Å². The molecular weight excluding hydrogens is 856 g/mol. The SMILES string of the molecule is CC(C)(C)c1c2c(cc3c1N(c1ccc4c5ccccc5c5ccccc5c4c1)c1cccc4c1B3c1cc3c(c(C(C)(C)C)c1N4c1ccc4c5ccccc5c5ccccc5c4c1)CCC3)CCC2. The van der Waals surface area contributed by atoms with Gasteiger partial charge in [-0.15, -0.1) is 0 Å².